The van der Waals surface area contributed by atoms with Crippen molar-refractivity contribution in [2.75, 3.05) is 27.2 Å². The summed E-state index contributed by atoms with van der Waals surface area (Å²) in [7, 11) is 4.09. The van der Waals surface area contributed by atoms with Crippen LogP contribution in [-0.2, 0) is 4.79 Å². The molecular weight excluding hydrogens is 192 g/mol. The SMILES string of the molecule is C/C(=C/CNC(C)CCN(C)C)C(=O)O. The molecule has 0 rings (SSSR count). The van der Waals surface area contributed by atoms with Crippen LogP contribution in [0, 0.1) is 0 Å². The van der Waals surface area contributed by atoms with Gasteiger partial charge in [0.15, 0.2) is 0 Å². The third-order valence-electron chi connectivity index (χ3n) is 2.22. The summed E-state index contributed by atoms with van der Waals surface area (Å²) in [4.78, 5) is 12.6. The Hall–Kier alpha value is -0.870. The molecule has 15 heavy (non-hydrogen) atoms. The van der Waals surface area contributed by atoms with Crippen LogP contribution >= 0.6 is 0 Å². The van der Waals surface area contributed by atoms with Crippen molar-refractivity contribution in [2.45, 2.75) is 26.3 Å². The zero-order chi connectivity index (χ0) is 11.8. The van der Waals surface area contributed by atoms with E-state index in [0.29, 0.717) is 18.2 Å². The van der Waals surface area contributed by atoms with Crippen molar-refractivity contribution < 1.29 is 9.90 Å². The molecule has 0 saturated heterocycles. The summed E-state index contributed by atoms with van der Waals surface area (Å²) >= 11 is 0. The Morgan fingerprint density at radius 3 is 2.60 bits per heavy atom. The number of rotatable bonds is 7. The Bertz CT molecular complexity index is 225. The van der Waals surface area contributed by atoms with E-state index < -0.39 is 5.97 Å². The first-order valence-electron chi connectivity index (χ1n) is 5.21. The molecule has 0 bridgehead atoms. The molecule has 1 atom stereocenters. The molecule has 0 aliphatic carbocycles. The number of nitrogens with one attached hydrogen (secondary N) is 1. The summed E-state index contributed by atoms with van der Waals surface area (Å²) in [6.45, 7) is 5.37. The number of nitrogens with zero attached hydrogens (tertiary/aromatic N) is 1. The second-order valence-electron chi connectivity index (χ2n) is 4.09. The van der Waals surface area contributed by atoms with Gasteiger partial charge in [0.25, 0.3) is 0 Å². The molecule has 88 valence electrons. The highest BCUT2D eigenvalue weighted by atomic mass is 16.4. The van der Waals surface area contributed by atoms with Crippen LogP contribution in [0.15, 0.2) is 11.6 Å². The van der Waals surface area contributed by atoms with Crippen molar-refractivity contribution in [3.8, 4) is 0 Å². The summed E-state index contributed by atoms with van der Waals surface area (Å²) in [5.41, 5.74) is 0.391. The lowest BCUT2D eigenvalue weighted by molar-refractivity contribution is -0.132. The van der Waals surface area contributed by atoms with Crippen molar-refractivity contribution in [1.29, 1.82) is 0 Å². The summed E-state index contributed by atoms with van der Waals surface area (Å²) < 4.78 is 0. The maximum atomic E-state index is 10.5. The van der Waals surface area contributed by atoms with Gasteiger partial charge in [-0.3, -0.25) is 0 Å². The van der Waals surface area contributed by atoms with Gasteiger partial charge in [-0.2, -0.15) is 0 Å². The lowest BCUT2D eigenvalue weighted by Gasteiger charge is -2.15. The Labute approximate surface area is 92.0 Å². The Morgan fingerprint density at radius 2 is 2.13 bits per heavy atom. The van der Waals surface area contributed by atoms with Crippen LogP contribution in [0.5, 0.6) is 0 Å². The van der Waals surface area contributed by atoms with Crippen LogP contribution < -0.4 is 5.32 Å². The van der Waals surface area contributed by atoms with Gasteiger partial charge >= 0.3 is 5.97 Å². The molecule has 0 saturated carbocycles. The van der Waals surface area contributed by atoms with Crippen LogP contribution in [0.2, 0.25) is 0 Å². The summed E-state index contributed by atoms with van der Waals surface area (Å²) in [6.07, 6.45) is 2.77. The normalized spacial score (nSPS) is 14.3. The predicted molar refractivity (Wildman–Crippen MR) is 62.0 cm³/mol. The van der Waals surface area contributed by atoms with E-state index in [0.717, 1.165) is 13.0 Å². The van der Waals surface area contributed by atoms with Crippen molar-refractivity contribution >= 4 is 5.97 Å². The number of carboxylic acids is 1. The van der Waals surface area contributed by atoms with E-state index in [1.165, 1.54) is 0 Å². The lowest BCUT2D eigenvalue weighted by Crippen LogP contribution is -2.30. The van der Waals surface area contributed by atoms with E-state index in [1.54, 1.807) is 13.0 Å². The van der Waals surface area contributed by atoms with E-state index in [-0.39, 0.29) is 0 Å². The number of hydrogen-bond acceptors (Lipinski definition) is 3. The fraction of sp³-hybridized carbons (Fsp3) is 0.727. The standard InChI is InChI=1S/C11H22N2O2/c1-9(11(14)15)5-7-12-10(2)6-8-13(3)4/h5,10,12H,6-8H2,1-4H3,(H,14,15)/b9-5-. The van der Waals surface area contributed by atoms with Crippen LogP contribution in [0.4, 0.5) is 0 Å². The van der Waals surface area contributed by atoms with E-state index in [9.17, 15) is 4.79 Å². The first kappa shape index (κ1) is 14.1. The highest BCUT2D eigenvalue weighted by molar-refractivity contribution is 5.85. The van der Waals surface area contributed by atoms with E-state index in [1.807, 2.05) is 14.1 Å². The van der Waals surface area contributed by atoms with Crippen molar-refractivity contribution in [3.63, 3.8) is 0 Å². The van der Waals surface area contributed by atoms with Gasteiger partial charge in [0, 0.05) is 18.2 Å². The fourth-order valence-electron chi connectivity index (χ4n) is 1.05. The zero-order valence-electron chi connectivity index (χ0n) is 10.1. The molecule has 2 N–H and O–H groups in total. The molecule has 0 amide bonds. The number of hydrogen-bond donors (Lipinski definition) is 2. The van der Waals surface area contributed by atoms with Crippen LogP contribution in [0.25, 0.3) is 0 Å². The van der Waals surface area contributed by atoms with E-state index in [2.05, 4.69) is 17.1 Å². The summed E-state index contributed by atoms with van der Waals surface area (Å²) in [5, 5.41) is 11.9. The average molecular weight is 214 g/mol. The number of carboxylic acid groups (broad SMARTS) is 1. The number of carbonyl (C=O) groups is 1. The predicted octanol–water partition coefficient (Wildman–Crippen LogP) is 0.947. The maximum absolute atomic E-state index is 10.5. The quantitative estimate of drug-likeness (QED) is 0.619. The van der Waals surface area contributed by atoms with Gasteiger partial charge in [0.1, 0.15) is 0 Å². The maximum Gasteiger partial charge on any atom is 0.330 e. The largest absolute Gasteiger partial charge is 0.478 e. The first-order valence-corrected chi connectivity index (χ1v) is 5.21. The smallest absolute Gasteiger partial charge is 0.330 e. The van der Waals surface area contributed by atoms with Gasteiger partial charge in [-0.15, -0.1) is 0 Å². The Balaban J connectivity index is 3.67. The molecule has 0 aromatic carbocycles. The van der Waals surface area contributed by atoms with Crippen LogP contribution in [-0.4, -0.2) is 49.2 Å². The van der Waals surface area contributed by atoms with Gasteiger partial charge in [-0.1, -0.05) is 6.08 Å². The third kappa shape index (κ3) is 8.15. The van der Waals surface area contributed by atoms with Crippen molar-refractivity contribution in [3.05, 3.63) is 11.6 Å². The Kier molecular flexibility index (Phi) is 6.99. The molecule has 0 heterocycles. The molecular formula is C11H22N2O2. The highest BCUT2D eigenvalue weighted by Gasteiger charge is 2.02. The summed E-state index contributed by atoms with van der Waals surface area (Å²) in [5.74, 6) is -0.849. The van der Waals surface area contributed by atoms with Gasteiger partial charge in [-0.05, 0) is 40.9 Å². The lowest BCUT2D eigenvalue weighted by atomic mass is 10.2. The topological polar surface area (TPSA) is 52.6 Å². The first-order chi connectivity index (χ1) is 6.93. The van der Waals surface area contributed by atoms with Crippen LogP contribution in [0.3, 0.4) is 0 Å². The minimum atomic E-state index is -0.849. The second kappa shape index (κ2) is 7.43. The minimum absolute atomic E-state index is 0.391. The molecule has 0 fully saturated rings. The van der Waals surface area contributed by atoms with Crippen molar-refractivity contribution in [2.24, 2.45) is 0 Å². The molecule has 0 aliphatic heterocycles. The molecule has 4 nitrogen and oxygen atoms in total. The second-order valence-corrected chi connectivity index (χ2v) is 4.09. The number of aliphatic carboxylic acids is 1. The minimum Gasteiger partial charge on any atom is -0.478 e. The third-order valence-corrected chi connectivity index (χ3v) is 2.22. The molecule has 0 radical (unpaired) electrons. The van der Waals surface area contributed by atoms with Crippen LogP contribution in [0.1, 0.15) is 20.3 Å². The van der Waals surface area contributed by atoms with E-state index >= 15 is 0 Å². The van der Waals surface area contributed by atoms with Crippen molar-refractivity contribution in [1.82, 2.24) is 10.2 Å². The highest BCUT2D eigenvalue weighted by Crippen LogP contribution is 1.94. The molecule has 4 heteroatoms. The molecule has 0 aromatic heterocycles. The Morgan fingerprint density at radius 1 is 1.53 bits per heavy atom. The zero-order valence-corrected chi connectivity index (χ0v) is 10.1. The monoisotopic (exact) mass is 214 g/mol. The molecule has 1 unspecified atom stereocenters. The van der Waals surface area contributed by atoms with Gasteiger partial charge in [0.2, 0.25) is 0 Å². The van der Waals surface area contributed by atoms with Gasteiger partial charge in [0.05, 0.1) is 0 Å². The average Bonchev–Trinajstić information content (AvgIpc) is 2.14. The molecule has 0 aliphatic rings. The van der Waals surface area contributed by atoms with Gasteiger partial charge < -0.3 is 15.3 Å². The molecule has 0 aromatic rings. The fourth-order valence-corrected chi connectivity index (χ4v) is 1.05. The molecule has 0 spiro atoms. The van der Waals surface area contributed by atoms with Gasteiger partial charge in [-0.25, -0.2) is 4.79 Å². The summed E-state index contributed by atoms with van der Waals surface area (Å²) in [6, 6.07) is 0.408. The van der Waals surface area contributed by atoms with E-state index in [4.69, 9.17) is 5.11 Å².